The van der Waals surface area contributed by atoms with Gasteiger partial charge in [0.2, 0.25) is 0 Å². The van der Waals surface area contributed by atoms with E-state index in [0.29, 0.717) is 13.2 Å². The molecule has 0 radical (unpaired) electrons. The summed E-state index contributed by atoms with van der Waals surface area (Å²) in [4.78, 5) is 17.9. The maximum Gasteiger partial charge on any atom is 0.316 e. The van der Waals surface area contributed by atoms with Gasteiger partial charge in [-0.1, -0.05) is 18.2 Å². The summed E-state index contributed by atoms with van der Waals surface area (Å²) in [5, 5.41) is 1.23. The number of aromatic amines is 1. The molecule has 1 N–H and O–H groups in total. The zero-order valence-electron chi connectivity index (χ0n) is 12.0. The molecule has 0 aliphatic carbocycles. The van der Waals surface area contributed by atoms with E-state index in [1.54, 1.807) is 0 Å². The molecule has 1 aliphatic rings. The van der Waals surface area contributed by atoms with Crippen LogP contribution >= 0.6 is 0 Å². The maximum absolute atomic E-state index is 12.3. The minimum absolute atomic E-state index is 0.131. The van der Waals surface area contributed by atoms with Crippen LogP contribution in [-0.4, -0.2) is 42.6 Å². The number of H-pyrrole nitrogens is 1. The number of fused-ring (bicyclic) bond motifs is 3. The van der Waals surface area contributed by atoms with Crippen LogP contribution in [0.4, 0.5) is 0 Å². The van der Waals surface area contributed by atoms with Crippen molar-refractivity contribution in [2.45, 2.75) is 19.3 Å². The fraction of sp³-hybridized carbons (Fsp3) is 0.438. The molecule has 1 aliphatic heterocycles. The molecule has 0 saturated heterocycles. The van der Waals surface area contributed by atoms with Crippen LogP contribution in [-0.2, 0) is 16.0 Å². The van der Waals surface area contributed by atoms with Gasteiger partial charge in [0.05, 0.1) is 6.61 Å². The molecule has 0 spiro atoms. The third kappa shape index (κ3) is 2.20. The molecule has 20 heavy (non-hydrogen) atoms. The Balaban J connectivity index is 2.10. The summed E-state index contributed by atoms with van der Waals surface area (Å²) in [6, 6.07) is 8.25. The number of ether oxygens (including phenoxy) is 1. The van der Waals surface area contributed by atoms with E-state index in [1.165, 1.54) is 10.9 Å². The molecule has 3 rings (SSSR count). The molecule has 0 saturated carbocycles. The first-order valence-electron chi connectivity index (χ1n) is 7.15. The van der Waals surface area contributed by atoms with Crippen LogP contribution in [0.1, 0.15) is 24.1 Å². The molecule has 0 bridgehead atoms. The first kappa shape index (κ1) is 13.2. The number of aromatic nitrogens is 1. The van der Waals surface area contributed by atoms with Gasteiger partial charge in [-0.05, 0) is 32.0 Å². The van der Waals surface area contributed by atoms with E-state index in [0.717, 1.165) is 24.2 Å². The normalized spacial score (nSPS) is 19.6. The van der Waals surface area contributed by atoms with E-state index >= 15 is 0 Å². The summed E-state index contributed by atoms with van der Waals surface area (Å²) in [5.74, 6) is -0.348. The first-order valence-corrected chi connectivity index (χ1v) is 7.15. The lowest BCUT2D eigenvalue weighted by molar-refractivity contribution is -0.145. The molecule has 4 heteroatoms. The highest BCUT2D eigenvalue weighted by Crippen LogP contribution is 2.31. The Morgan fingerprint density at radius 1 is 1.45 bits per heavy atom. The lowest BCUT2D eigenvalue weighted by Gasteiger charge is -2.18. The highest BCUT2D eigenvalue weighted by molar-refractivity contribution is 5.88. The van der Waals surface area contributed by atoms with Gasteiger partial charge in [-0.2, -0.15) is 0 Å². The van der Waals surface area contributed by atoms with E-state index in [9.17, 15) is 4.79 Å². The second kappa shape index (κ2) is 5.29. The first-order chi connectivity index (χ1) is 9.70. The lowest BCUT2D eigenvalue weighted by atomic mass is 10.00. The number of rotatable bonds is 2. The average Bonchev–Trinajstić information content (AvgIpc) is 2.72. The quantitative estimate of drug-likeness (QED) is 0.853. The van der Waals surface area contributed by atoms with Crippen LogP contribution in [0.3, 0.4) is 0 Å². The van der Waals surface area contributed by atoms with Crippen molar-refractivity contribution in [3.8, 4) is 0 Å². The van der Waals surface area contributed by atoms with Gasteiger partial charge >= 0.3 is 5.97 Å². The minimum Gasteiger partial charge on any atom is -0.465 e. The zero-order valence-corrected chi connectivity index (χ0v) is 12.0. The van der Waals surface area contributed by atoms with Crippen LogP contribution in [0.5, 0.6) is 0 Å². The average molecular weight is 272 g/mol. The minimum atomic E-state index is -0.218. The Labute approximate surface area is 118 Å². The molecule has 1 atom stereocenters. The van der Waals surface area contributed by atoms with Gasteiger partial charge in [-0.25, -0.2) is 0 Å². The van der Waals surface area contributed by atoms with E-state index < -0.39 is 0 Å². The fourth-order valence-electron chi connectivity index (χ4n) is 3.02. The SMILES string of the molecule is CCOC(=O)C1CN(C)CCc2c1[nH]c1ccccc21. The number of hydrogen-bond donors (Lipinski definition) is 1. The smallest absolute Gasteiger partial charge is 0.316 e. The highest BCUT2D eigenvalue weighted by atomic mass is 16.5. The number of likely N-dealkylation sites (N-methyl/N-ethyl adjacent to an activating group) is 1. The second-order valence-electron chi connectivity index (χ2n) is 5.38. The van der Waals surface area contributed by atoms with Crippen LogP contribution < -0.4 is 0 Å². The Hall–Kier alpha value is -1.81. The van der Waals surface area contributed by atoms with Crippen LogP contribution in [0, 0.1) is 0 Å². The van der Waals surface area contributed by atoms with Gasteiger partial charge < -0.3 is 14.6 Å². The van der Waals surface area contributed by atoms with Gasteiger partial charge in [-0.15, -0.1) is 0 Å². The van der Waals surface area contributed by atoms with E-state index in [1.807, 2.05) is 19.1 Å². The number of para-hydroxylation sites is 1. The molecule has 1 unspecified atom stereocenters. The summed E-state index contributed by atoms with van der Waals surface area (Å²) in [6.07, 6.45) is 0.964. The number of carbonyl (C=O) groups is 1. The van der Waals surface area contributed by atoms with Crippen molar-refractivity contribution in [2.24, 2.45) is 0 Å². The van der Waals surface area contributed by atoms with Gasteiger partial charge in [0, 0.05) is 29.7 Å². The number of carbonyl (C=O) groups excluding carboxylic acids is 1. The number of hydrogen-bond acceptors (Lipinski definition) is 3. The van der Waals surface area contributed by atoms with Gasteiger partial charge in [0.1, 0.15) is 5.92 Å². The van der Waals surface area contributed by atoms with Crippen molar-refractivity contribution in [3.63, 3.8) is 0 Å². The number of benzene rings is 1. The van der Waals surface area contributed by atoms with Crippen LogP contribution in [0.2, 0.25) is 0 Å². The second-order valence-corrected chi connectivity index (χ2v) is 5.38. The van der Waals surface area contributed by atoms with Gasteiger partial charge in [0.15, 0.2) is 0 Å². The summed E-state index contributed by atoms with van der Waals surface area (Å²) in [7, 11) is 2.06. The number of nitrogens with one attached hydrogen (secondary N) is 1. The monoisotopic (exact) mass is 272 g/mol. The molecule has 2 aromatic rings. The van der Waals surface area contributed by atoms with Crippen molar-refractivity contribution >= 4 is 16.9 Å². The number of esters is 1. The molecule has 4 nitrogen and oxygen atoms in total. The molecule has 0 amide bonds. The van der Waals surface area contributed by atoms with Crippen molar-refractivity contribution in [2.75, 3.05) is 26.7 Å². The molecular formula is C16H20N2O2. The Morgan fingerprint density at radius 2 is 2.25 bits per heavy atom. The summed E-state index contributed by atoms with van der Waals surface area (Å²) in [5.41, 5.74) is 3.41. The third-order valence-electron chi connectivity index (χ3n) is 4.00. The summed E-state index contributed by atoms with van der Waals surface area (Å²) in [6.45, 7) is 3.95. The van der Waals surface area contributed by atoms with E-state index in [-0.39, 0.29) is 11.9 Å². The molecule has 1 aromatic carbocycles. The molecule has 106 valence electrons. The Bertz CT molecular complexity index is 632. The maximum atomic E-state index is 12.3. The Morgan fingerprint density at radius 3 is 3.05 bits per heavy atom. The fourth-order valence-corrected chi connectivity index (χ4v) is 3.02. The van der Waals surface area contributed by atoms with E-state index in [2.05, 4.69) is 29.1 Å². The van der Waals surface area contributed by atoms with Crippen molar-refractivity contribution in [1.82, 2.24) is 9.88 Å². The summed E-state index contributed by atoms with van der Waals surface area (Å²) >= 11 is 0. The van der Waals surface area contributed by atoms with Crippen LogP contribution in [0.25, 0.3) is 10.9 Å². The van der Waals surface area contributed by atoms with Crippen molar-refractivity contribution in [3.05, 3.63) is 35.5 Å². The largest absolute Gasteiger partial charge is 0.465 e. The molecule has 0 fully saturated rings. The zero-order chi connectivity index (χ0) is 14.1. The predicted octanol–water partition coefficient (Wildman–Crippen LogP) is 2.30. The molecule has 2 heterocycles. The highest BCUT2D eigenvalue weighted by Gasteiger charge is 2.30. The van der Waals surface area contributed by atoms with Gasteiger partial charge in [-0.3, -0.25) is 4.79 Å². The van der Waals surface area contributed by atoms with Crippen molar-refractivity contribution < 1.29 is 9.53 Å². The standard InChI is InChI=1S/C16H20N2O2/c1-3-20-16(19)13-10-18(2)9-8-12-11-6-4-5-7-14(11)17-15(12)13/h4-7,13,17H,3,8-10H2,1-2H3. The lowest BCUT2D eigenvalue weighted by Crippen LogP contribution is -2.29. The Kier molecular flexibility index (Phi) is 3.49. The van der Waals surface area contributed by atoms with E-state index in [4.69, 9.17) is 4.74 Å². The topological polar surface area (TPSA) is 45.3 Å². The predicted molar refractivity (Wildman–Crippen MR) is 78.9 cm³/mol. The van der Waals surface area contributed by atoms with Crippen LogP contribution in [0.15, 0.2) is 24.3 Å². The van der Waals surface area contributed by atoms with Crippen molar-refractivity contribution in [1.29, 1.82) is 0 Å². The number of nitrogens with zero attached hydrogens (tertiary/aromatic N) is 1. The molecule has 1 aromatic heterocycles. The summed E-state index contributed by atoms with van der Waals surface area (Å²) < 4.78 is 5.25. The third-order valence-corrected chi connectivity index (χ3v) is 4.00. The molecular weight excluding hydrogens is 252 g/mol. The van der Waals surface area contributed by atoms with Gasteiger partial charge in [0.25, 0.3) is 0 Å².